The van der Waals surface area contributed by atoms with Crippen LogP contribution in [-0.2, 0) is 7.05 Å². The summed E-state index contributed by atoms with van der Waals surface area (Å²) in [5, 5.41) is 2.42. The Morgan fingerprint density at radius 2 is 1.67 bits per heavy atom. The largest absolute Gasteiger partial charge is 0.342 e. The van der Waals surface area contributed by atoms with Crippen LogP contribution in [0.1, 0.15) is 0 Å². The van der Waals surface area contributed by atoms with Crippen LogP contribution in [0.25, 0.3) is 38.7 Å². The highest BCUT2D eigenvalue weighted by molar-refractivity contribution is 6.08. The van der Waals surface area contributed by atoms with Crippen LogP contribution in [0.5, 0.6) is 0 Å². The second kappa shape index (κ2) is 4.68. The maximum atomic E-state index is 13.1. The molecule has 0 unspecified atom stereocenters. The van der Waals surface area contributed by atoms with Crippen molar-refractivity contribution in [2.45, 2.75) is 0 Å². The summed E-state index contributed by atoms with van der Waals surface area (Å²) >= 11 is 0. The molecule has 4 heteroatoms. The fourth-order valence-corrected chi connectivity index (χ4v) is 3.39. The molecule has 24 heavy (non-hydrogen) atoms. The number of benzene rings is 2. The van der Waals surface area contributed by atoms with E-state index in [0.717, 1.165) is 22.4 Å². The van der Waals surface area contributed by atoms with Gasteiger partial charge in [0.2, 0.25) is 0 Å². The fraction of sp³-hybridized carbons (Fsp3) is 0.0500. The lowest BCUT2D eigenvalue weighted by Gasteiger charge is -1.98. The zero-order chi connectivity index (χ0) is 16.3. The number of para-hydroxylation sites is 1. The summed E-state index contributed by atoms with van der Waals surface area (Å²) in [6.45, 7) is 0. The van der Waals surface area contributed by atoms with Gasteiger partial charge < -0.3 is 8.97 Å². The molecule has 3 nitrogen and oxygen atoms in total. The minimum absolute atomic E-state index is 0.236. The van der Waals surface area contributed by atoms with E-state index in [1.807, 2.05) is 10.6 Å². The van der Waals surface area contributed by atoms with E-state index in [2.05, 4.69) is 48.1 Å². The van der Waals surface area contributed by atoms with Crippen molar-refractivity contribution >= 4 is 27.5 Å². The molecule has 5 aromatic rings. The predicted molar refractivity (Wildman–Crippen MR) is 94.6 cm³/mol. The molecular formula is C20H14FN3. The normalized spacial score (nSPS) is 11.8. The van der Waals surface area contributed by atoms with Gasteiger partial charge in [0.25, 0.3) is 0 Å². The quantitative estimate of drug-likeness (QED) is 0.436. The Labute approximate surface area is 137 Å². The van der Waals surface area contributed by atoms with Gasteiger partial charge in [0, 0.05) is 41.3 Å². The molecule has 0 saturated heterocycles. The Morgan fingerprint density at radius 1 is 0.875 bits per heavy atom. The van der Waals surface area contributed by atoms with Gasteiger partial charge in [0.05, 0.1) is 11.2 Å². The molecule has 116 valence electrons. The first-order valence-corrected chi connectivity index (χ1v) is 7.82. The van der Waals surface area contributed by atoms with Crippen molar-refractivity contribution in [1.82, 2.24) is 14.0 Å². The van der Waals surface area contributed by atoms with Crippen molar-refractivity contribution in [3.63, 3.8) is 0 Å². The number of pyridine rings is 1. The molecule has 5 rings (SSSR count). The molecule has 0 radical (unpaired) electrons. The maximum Gasteiger partial charge on any atom is 0.138 e. The highest BCUT2D eigenvalue weighted by atomic mass is 19.1. The Hall–Kier alpha value is -3.14. The molecule has 0 amide bonds. The number of aromatic nitrogens is 3. The summed E-state index contributed by atoms with van der Waals surface area (Å²) in [5.41, 5.74) is 5.01. The second-order valence-corrected chi connectivity index (χ2v) is 6.05. The van der Waals surface area contributed by atoms with E-state index >= 15 is 0 Å². The zero-order valence-corrected chi connectivity index (χ0v) is 13.1. The van der Waals surface area contributed by atoms with Gasteiger partial charge in [-0.15, -0.1) is 0 Å². The topological polar surface area (TPSA) is 22.2 Å². The van der Waals surface area contributed by atoms with E-state index in [4.69, 9.17) is 4.98 Å². The van der Waals surface area contributed by atoms with Crippen molar-refractivity contribution in [3.05, 3.63) is 72.8 Å². The number of nitrogens with zero attached hydrogens (tertiary/aromatic N) is 3. The van der Waals surface area contributed by atoms with Crippen molar-refractivity contribution < 1.29 is 4.39 Å². The van der Waals surface area contributed by atoms with E-state index in [1.165, 1.54) is 28.4 Å². The first kappa shape index (κ1) is 13.3. The fourth-order valence-electron chi connectivity index (χ4n) is 3.39. The predicted octanol–water partition coefficient (Wildman–Crippen LogP) is 4.79. The molecule has 0 spiro atoms. The summed E-state index contributed by atoms with van der Waals surface area (Å²) in [4.78, 5) is 4.71. The third kappa shape index (κ3) is 1.80. The standard InChI is InChI=1S/C20H14FN3/c1-23-18-5-3-2-4-15(18)16-10-20-22-17(11-24(20)12-19(16)23)13-6-8-14(21)9-7-13/h2-12H,1H3. The summed E-state index contributed by atoms with van der Waals surface area (Å²) < 4.78 is 17.3. The van der Waals surface area contributed by atoms with Crippen LogP contribution in [-0.4, -0.2) is 14.0 Å². The summed E-state index contributed by atoms with van der Waals surface area (Å²) in [6, 6.07) is 16.9. The summed E-state index contributed by atoms with van der Waals surface area (Å²) in [6.07, 6.45) is 4.09. The van der Waals surface area contributed by atoms with Crippen molar-refractivity contribution in [1.29, 1.82) is 0 Å². The molecule has 3 heterocycles. The second-order valence-electron chi connectivity index (χ2n) is 6.05. The molecule has 0 aliphatic heterocycles. The van der Waals surface area contributed by atoms with Gasteiger partial charge in [-0.3, -0.25) is 0 Å². The average Bonchev–Trinajstić information content (AvgIpc) is 3.14. The van der Waals surface area contributed by atoms with Crippen LogP contribution in [0.4, 0.5) is 4.39 Å². The zero-order valence-electron chi connectivity index (χ0n) is 13.1. The van der Waals surface area contributed by atoms with Crippen LogP contribution in [0.15, 0.2) is 67.0 Å². The molecule has 0 bridgehead atoms. The highest BCUT2D eigenvalue weighted by Crippen LogP contribution is 2.30. The van der Waals surface area contributed by atoms with E-state index in [9.17, 15) is 4.39 Å². The van der Waals surface area contributed by atoms with Crippen molar-refractivity contribution in [2.24, 2.45) is 7.05 Å². The minimum atomic E-state index is -0.236. The first-order chi connectivity index (χ1) is 11.7. The van der Waals surface area contributed by atoms with Gasteiger partial charge in [0.15, 0.2) is 0 Å². The molecular weight excluding hydrogens is 301 g/mol. The Morgan fingerprint density at radius 3 is 2.50 bits per heavy atom. The molecule has 2 aromatic carbocycles. The van der Waals surface area contributed by atoms with Crippen LogP contribution >= 0.6 is 0 Å². The maximum absolute atomic E-state index is 13.1. The number of fused-ring (bicyclic) bond motifs is 4. The summed E-state index contributed by atoms with van der Waals surface area (Å²) in [7, 11) is 2.08. The number of halogens is 1. The van der Waals surface area contributed by atoms with Crippen LogP contribution in [0.3, 0.4) is 0 Å². The van der Waals surface area contributed by atoms with Crippen LogP contribution in [0, 0.1) is 5.82 Å². The van der Waals surface area contributed by atoms with Gasteiger partial charge in [-0.1, -0.05) is 18.2 Å². The SMILES string of the molecule is Cn1c2ccccc2c2cc3nc(-c4ccc(F)cc4)cn3cc21. The molecule has 0 N–H and O–H groups in total. The highest BCUT2D eigenvalue weighted by Gasteiger charge is 2.11. The molecule has 0 saturated carbocycles. The Balaban J connectivity index is 1.80. The van der Waals surface area contributed by atoms with Gasteiger partial charge in [-0.25, -0.2) is 9.37 Å². The third-order valence-corrected chi connectivity index (χ3v) is 4.63. The molecule has 0 fully saturated rings. The molecule has 0 atom stereocenters. The van der Waals surface area contributed by atoms with Gasteiger partial charge >= 0.3 is 0 Å². The van der Waals surface area contributed by atoms with E-state index < -0.39 is 0 Å². The van der Waals surface area contributed by atoms with Gasteiger partial charge in [-0.05, 0) is 36.4 Å². The Kier molecular flexibility index (Phi) is 2.59. The molecule has 0 aliphatic rings. The number of hydrogen-bond acceptors (Lipinski definition) is 1. The van der Waals surface area contributed by atoms with E-state index in [-0.39, 0.29) is 5.82 Å². The lowest BCUT2D eigenvalue weighted by Crippen LogP contribution is -1.89. The Bertz CT molecular complexity index is 1210. The van der Waals surface area contributed by atoms with Crippen LogP contribution < -0.4 is 0 Å². The number of imidazole rings is 1. The van der Waals surface area contributed by atoms with E-state index in [1.54, 1.807) is 12.1 Å². The van der Waals surface area contributed by atoms with Gasteiger partial charge in [-0.2, -0.15) is 0 Å². The van der Waals surface area contributed by atoms with E-state index in [0.29, 0.717) is 0 Å². The van der Waals surface area contributed by atoms with Gasteiger partial charge in [0.1, 0.15) is 11.5 Å². The number of aryl methyl sites for hydroxylation is 1. The number of hydrogen-bond donors (Lipinski definition) is 0. The molecule has 3 aromatic heterocycles. The third-order valence-electron chi connectivity index (χ3n) is 4.63. The van der Waals surface area contributed by atoms with Crippen LogP contribution in [0.2, 0.25) is 0 Å². The van der Waals surface area contributed by atoms with Crippen molar-refractivity contribution in [2.75, 3.05) is 0 Å². The smallest absolute Gasteiger partial charge is 0.138 e. The summed E-state index contributed by atoms with van der Waals surface area (Å²) in [5.74, 6) is -0.236. The molecule has 0 aliphatic carbocycles. The lowest BCUT2D eigenvalue weighted by atomic mass is 10.2. The van der Waals surface area contributed by atoms with Crippen molar-refractivity contribution in [3.8, 4) is 11.3 Å². The average molecular weight is 315 g/mol. The number of rotatable bonds is 1. The monoisotopic (exact) mass is 315 g/mol. The first-order valence-electron chi connectivity index (χ1n) is 7.82. The lowest BCUT2D eigenvalue weighted by molar-refractivity contribution is 0.628. The minimum Gasteiger partial charge on any atom is -0.342 e.